The largest absolute Gasteiger partial charge is 0.295 e. The average molecular weight is 503 g/mol. The minimum Gasteiger partial charge on any atom is -0.295 e. The van der Waals surface area contributed by atoms with Crippen molar-refractivity contribution in [2.45, 2.75) is 195 Å². The summed E-state index contributed by atoms with van der Waals surface area (Å²) in [6.45, 7) is 11.2. The van der Waals surface area contributed by atoms with E-state index in [1.54, 1.807) is 0 Å². The summed E-state index contributed by atoms with van der Waals surface area (Å²) in [5.74, 6) is 0.458. The third-order valence-electron chi connectivity index (χ3n) is 7.96. The highest BCUT2D eigenvalue weighted by Crippen LogP contribution is 2.23. The molecular weight excluding hydrogens is 436 g/mol. The van der Waals surface area contributed by atoms with Crippen molar-refractivity contribution in [1.82, 2.24) is 0 Å². The van der Waals surface area contributed by atoms with E-state index in [0.717, 1.165) is 38.5 Å². The maximum atomic E-state index is 13.2. The molecule has 0 fully saturated rings. The first kappa shape index (κ1) is 35.2. The van der Waals surface area contributed by atoms with Gasteiger partial charge < -0.3 is 0 Å². The van der Waals surface area contributed by atoms with Gasteiger partial charge in [0.2, 0.25) is 0 Å². The Bertz CT molecular complexity index is 553. The molecular formula is C35H66O. The standard InChI is InChI=1S/C35H66O/c1-6-9-11-13-15-17-19-21-23-25-30-34(33(5)29-27-28-32(4)8-3)35(36)31-26-24-22-20-18-16-14-12-10-7-2/h28H,6-27,29-31H2,1-5H3. The first-order chi connectivity index (χ1) is 17.6. The Labute approximate surface area is 228 Å². The van der Waals surface area contributed by atoms with Crippen molar-refractivity contribution in [2.75, 3.05) is 0 Å². The van der Waals surface area contributed by atoms with Gasteiger partial charge in [-0.1, -0.05) is 154 Å². The van der Waals surface area contributed by atoms with Crippen LogP contribution in [0.3, 0.4) is 0 Å². The van der Waals surface area contributed by atoms with Crippen molar-refractivity contribution in [3.63, 3.8) is 0 Å². The molecule has 0 spiro atoms. The highest BCUT2D eigenvalue weighted by Gasteiger charge is 2.12. The first-order valence-electron chi connectivity index (χ1n) is 16.4. The van der Waals surface area contributed by atoms with E-state index in [4.69, 9.17) is 0 Å². The van der Waals surface area contributed by atoms with Crippen LogP contribution in [0.2, 0.25) is 0 Å². The number of hydrogen-bond donors (Lipinski definition) is 0. The van der Waals surface area contributed by atoms with Crippen LogP contribution in [-0.4, -0.2) is 5.78 Å². The van der Waals surface area contributed by atoms with Crippen molar-refractivity contribution in [1.29, 1.82) is 0 Å². The second kappa shape index (κ2) is 27.2. The molecule has 0 heterocycles. The highest BCUT2D eigenvalue weighted by atomic mass is 16.1. The minimum atomic E-state index is 0.458. The van der Waals surface area contributed by atoms with Gasteiger partial charge in [0.05, 0.1) is 0 Å². The van der Waals surface area contributed by atoms with E-state index in [1.807, 2.05) is 0 Å². The molecule has 0 aromatic rings. The molecule has 0 atom stereocenters. The van der Waals surface area contributed by atoms with Crippen LogP contribution in [0.4, 0.5) is 0 Å². The molecule has 0 amide bonds. The number of hydrogen-bond acceptors (Lipinski definition) is 1. The summed E-state index contributed by atoms with van der Waals surface area (Å²) in [5.41, 5.74) is 4.02. The lowest BCUT2D eigenvalue weighted by Gasteiger charge is -2.12. The van der Waals surface area contributed by atoms with Crippen LogP contribution in [0.5, 0.6) is 0 Å². The van der Waals surface area contributed by atoms with E-state index in [-0.39, 0.29) is 0 Å². The highest BCUT2D eigenvalue weighted by molar-refractivity contribution is 5.95. The Morgan fingerprint density at radius 3 is 1.31 bits per heavy atom. The van der Waals surface area contributed by atoms with Gasteiger partial charge >= 0.3 is 0 Å². The quantitative estimate of drug-likeness (QED) is 0.0620. The predicted molar refractivity (Wildman–Crippen MR) is 164 cm³/mol. The fourth-order valence-corrected chi connectivity index (χ4v) is 5.13. The van der Waals surface area contributed by atoms with Crippen LogP contribution >= 0.6 is 0 Å². The molecule has 0 aliphatic carbocycles. The molecule has 1 nitrogen and oxygen atoms in total. The fourth-order valence-electron chi connectivity index (χ4n) is 5.13. The number of allylic oxidation sites excluding steroid dienone is 4. The molecule has 0 aromatic heterocycles. The van der Waals surface area contributed by atoms with Crippen molar-refractivity contribution in [2.24, 2.45) is 0 Å². The van der Waals surface area contributed by atoms with Gasteiger partial charge in [-0.05, 0) is 57.9 Å². The van der Waals surface area contributed by atoms with Crippen molar-refractivity contribution < 1.29 is 4.79 Å². The second-order valence-corrected chi connectivity index (χ2v) is 11.5. The van der Waals surface area contributed by atoms with Crippen molar-refractivity contribution >= 4 is 5.78 Å². The van der Waals surface area contributed by atoms with E-state index in [0.29, 0.717) is 5.78 Å². The minimum absolute atomic E-state index is 0.458. The third-order valence-corrected chi connectivity index (χ3v) is 7.96. The molecule has 0 rings (SSSR count). The lowest BCUT2D eigenvalue weighted by molar-refractivity contribution is -0.115. The molecule has 0 bridgehead atoms. The predicted octanol–water partition coefficient (Wildman–Crippen LogP) is 12.6. The number of Topliss-reactive ketones (excluding diaryl/α,β-unsaturated/α-hetero) is 1. The smallest absolute Gasteiger partial charge is 0.158 e. The van der Waals surface area contributed by atoms with E-state index < -0.39 is 0 Å². The van der Waals surface area contributed by atoms with Crippen LogP contribution in [0.25, 0.3) is 0 Å². The van der Waals surface area contributed by atoms with Crippen LogP contribution in [-0.2, 0) is 4.79 Å². The van der Waals surface area contributed by atoms with E-state index in [9.17, 15) is 4.79 Å². The third kappa shape index (κ3) is 22.4. The number of ketones is 1. The Morgan fingerprint density at radius 1 is 0.500 bits per heavy atom. The Hall–Kier alpha value is -0.850. The molecule has 0 radical (unpaired) electrons. The molecule has 0 unspecified atom stereocenters. The number of carbonyl (C=O) groups is 1. The van der Waals surface area contributed by atoms with Crippen LogP contribution < -0.4 is 0 Å². The monoisotopic (exact) mass is 503 g/mol. The lowest BCUT2D eigenvalue weighted by Crippen LogP contribution is -2.06. The molecule has 36 heavy (non-hydrogen) atoms. The lowest BCUT2D eigenvalue weighted by atomic mass is 9.92. The van der Waals surface area contributed by atoms with Crippen LogP contribution in [0.1, 0.15) is 195 Å². The van der Waals surface area contributed by atoms with Crippen LogP contribution in [0, 0.1) is 0 Å². The summed E-state index contributed by atoms with van der Waals surface area (Å²) in [6, 6.07) is 0. The van der Waals surface area contributed by atoms with Crippen molar-refractivity contribution in [3.05, 3.63) is 22.8 Å². The van der Waals surface area contributed by atoms with Gasteiger partial charge in [0.1, 0.15) is 0 Å². The zero-order valence-electron chi connectivity index (χ0n) is 25.7. The fraction of sp³-hybridized carbons (Fsp3) is 0.857. The summed E-state index contributed by atoms with van der Waals surface area (Å²) in [6.07, 6.45) is 34.2. The number of carbonyl (C=O) groups excluding carboxylic acids is 1. The summed E-state index contributed by atoms with van der Waals surface area (Å²) < 4.78 is 0. The second-order valence-electron chi connectivity index (χ2n) is 11.5. The maximum Gasteiger partial charge on any atom is 0.158 e. The van der Waals surface area contributed by atoms with Crippen LogP contribution in [0.15, 0.2) is 22.8 Å². The van der Waals surface area contributed by atoms with Gasteiger partial charge in [-0.2, -0.15) is 0 Å². The molecule has 0 aliphatic rings. The van der Waals surface area contributed by atoms with Gasteiger partial charge in [0.15, 0.2) is 5.78 Å². The molecule has 0 aliphatic heterocycles. The zero-order chi connectivity index (χ0) is 26.7. The summed E-state index contributed by atoms with van der Waals surface area (Å²) in [7, 11) is 0. The number of rotatable bonds is 27. The average Bonchev–Trinajstić information content (AvgIpc) is 2.88. The van der Waals surface area contributed by atoms with Crippen molar-refractivity contribution in [3.8, 4) is 0 Å². The topological polar surface area (TPSA) is 17.1 Å². The van der Waals surface area contributed by atoms with Gasteiger partial charge in [-0.15, -0.1) is 0 Å². The summed E-state index contributed by atoms with van der Waals surface area (Å²) >= 11 is 0. The summed E-state index contributed by atoms with van der Waals surface area (Å²) in [5, 5.41) is 0. The summed E-state index contributed by atoms with van der Waals surface area (Å²) in [4.78, 5) is 13.2. The molecule has 212 valence electrons. The number of unbranched alkanes of at least 4 members (excludes halogenated alkanes) is 18. The SMILES string of the molecule is CCCCCCCCCCCCC(=O)C(CCCCCCCCCCCC)=C(C)CCC=C(C)CC. The Kier molecular flexibility index (Phi) is 26.5. The Morgan fingerprint density at radius 2 is 0.889 bits per heavy atom. The van der Waals surface area contributed by atoms with Gasteiger partial charge in [0.25, 0.3) is 0 Å². The van der Waals surface area contributed by atoms with E-state index >= 15 is 0 Å². The molecule has 0 aromatic carbocycles. The first-order valence-corrected chi connectivity index (χ1v) is 16.4. The normalized spacial score (nSPS) is 12.8. The van der Waals surface area contributed by atoms with E-state index in [2.05, 4.69) is 40.7 Å². The van der Waals surface area contributed by atoms with E-state index in [1.165, 1.54) is 139 Å². The molecule has 0 saturated carbocycles. The molecule has 1 heteroatoms. The molecule has 0 saturated heterocycles. The van der Waals surface area contributed by atoms with Gasteiger partial charge in [0, 0.05) is 6.42 Å². The molecule has 0 N–H and O–H groups in total. The Balaban J connectivity index is 4.36. The maximum absolute atomic E-state index is 13.2. The zero-order valence-corrected chi connectivity index (χ0v) is 25.7. The van der Waals surface area contributed by atoms with Gasteiger partial charge in [-0.25, -0.2) is 0 Å². The van der Waals surface area contributed by atoms with Gasteiger partial charge in [-0.3, -0.25) is 4.79 Å².